The molecule has 304 valence electrons. The van der Waals surface area contributed by atoms with Crippen LogP contribution in [0.15, 0.2) is 180 Å². The highest BCUT2D eigenvalue weighted by molar-refractivity contribution is 6.14. The lowest BCUT2D eigenvalue weighted by atomic mass is 9.68. The first kappa shape index (κ1) is 38.3. The molecule has 0 bridgehead atoms. The summed E-state index contributed by atoms with van der Waals surface area (Å²) in [6, 6.07) is 65.9. The zero-order valence-corrected chi connectivity index (χ0v) is 37.1. The van der Waals surface area contributed by atoms with Gasteiger partial charge in [-0.15, -0.1) is 0 Å². The number of fused-ring (bicyclic) bond motifs is 9. The Hall–Kier alpha value is -6.64. The average Bonchev–Trinajstić information content (AvgIpc) is 3.88. The fourth-order valence-corrected chi connectivity index (χ4v) is 10.9. The van der Waals surface area contributed by atoms with Gasteiger partial charge in [0.15, 0.2) is 0 Å². The lowest BCUT2D eigenvalue weighted by Crippen LogP contribution is -2.28. The molecule has 1 aromatic heterocycles. The number of nitrogens with zero attached hydrogens (tertiary/aromatic N) is 1. The highest BCUT2D eigenvalue weighted by Crippen LogP contribution is 2.57. The van der Waals surface area contributed by atoms with Crippen molar-refractivity contribution < 1.29 is 4.42 Å². The van der Waals surface area contributed by atoms with Gasteiger partial charge in [-0.1, -0.05) is 189 Å². The van der Waals surface area contributed by atoms with E-state index in [1.54, 1.807) is 0 Å². The van der Waals surface area contributed by atoms with Crippen LogP contribution in [0.25, 0.3) is 44.2 Å². The fraction of sp³-hybridized carbons (Fsp3) is 0.200. The summed E-state index contributed by atoms with van der Waals surface area (Å²) in [7, 11) is 0. The molecule has 0 N–H and O–H groups in total. The Morgan fingerprint density at radius 2 is 1.00 bits per heavy atom. The molecule has 0 aliphatic heterocycles. The molecule has 2 aliphatic carbocycles. The van der Waals surface area contributed by atoms with Crippen molar-refractivity contribution in [2.24, 2.45) is 0 Å². The Morgan fingerprint density at radius 3 is 1.63 bits per heavy atom. The highest BCUT2D eigenvalue weighted by Gasteiger charge is 2.46. The molecule has 0 saturated heterocycles. The number of hydrogen-bond acceptors (Lipinski definition) is 2. The third-order valence-corrected chi connectivity index (χ3v) is 14.0. The van der Waals surface area contributed by atoms with Gasteiger partial charge in [-0.3, -0.25) is 0 Å². The molecular formula is C60H53NO. The van der Waals surface area contributed by atoms with Gasteiger partial charge in [-0.05, 0) is 114 Å². The summed E-state index contributed by atoms with van der Waals surface area (Å²) >= 11 is 0. The van der Waals surface area contributed by atoms with Gasteiger partial charge >= 0.3 is 0 Å². The van der Waals surface area contributed by atoms with Crippen LogP contribution in [0.5, 0.6) is 0 Å². The zero-order valence-electron chi connectivity index (χ0n) is 37.1. The molecule has 0 unspecified atom stereocenters. The summed E-state index contributed by atoms with van der Waals surface area (Å²) < 4.78 is 6.98. The predicted molar refractivity (Wildman–Crippen MR) is 261 cm³/mol. The number of rotatable bonds is 5. The molecule has 9 aromatic rings. The first-order valence-corrected chi connectivity index (χ1v) is 22.2. The summed E-state index contributed by atoms with van der Waals surface area (Å²) in [6.07, 6.45) is 0. The van der Waals surface area contributed by atoms with Crippen LogP contribution in [0, 0.1) is 0 Å². The minimum Gasteiger partial charge on any atom is -0.456 e. The molecule has 2 heteroatoms. The maximum absolute atomic E-state index is 6.98. The molecular weight excluding hydrogens is 751 g/mol. The van der Waals surface area contributed by atoms with E-state index >= 15 is 0 Å². The van der Waals surface area contributed by atoms with E-state index in [0.717, 1.165) is 39.0 Å². The lowest BCUT2D eigenvalue weighted by Gasteiger charge is -2.34. The van der Waals surface area contributed by atoms with Crippen molar-refractivity contribution in [2.75, 3.05) is 4.90 Å². The van der Waals surface area contributed by atoms with Crippen LogP contribution in [0.2, 0.25) is 0 Å². The number of furan rings is 1. The second kappa shape index (κ2) is 13.4. The maximum Gasteiger partial charge on any atom is 0.139 e. The van der Waals surface area contributed by atoms with Gasteiger partial charge in [-0.2, -0.15) is 0 Å². The summed E-state index contributed by atoms with van der Waals surface area (Å²) in [6.45, 7) is 18.6. The molecule has 0 radical (unpaired) electrons. The molecule has 8 aromatic carbocycles. The molecule has 2 nitrogen and oxygen atoms in total. The van der Waals surface area contributed by atoms with Crippen molar-refractivity contribution in [3.8, 4) is 22.3 Å². The molecule has 0 spiro atoms. The van der Waals surface area contributed by atoms with Crippen molar-refractivity contribution >= 4 is 39.0 Å². The average molecular weight is 804 g/mol. The quantitative estimate of drug-likeness (QED) is 0.172. The Bertz CT molecular complexity index is 3180. The van der Waals surface area contributed by atoms with Gasteiger partial charge in [-0.25, -0.2) is 0 Å². The molecule has 0 atom stereocenters. The molecule has 11 rings (SSSR count). The Kier molecular flexibility index (Phi) is 8.29. The van der Waals surface area contributed by atoms with Gasteiger partial charge in [0.25, 0.3) is 0 Å². The summed E-state index contributed by atoms with van der Waals surface area (Å²) in [5, 5.41) is 2.29. The molecule has 62 heavy (non-hydrogen) atoms. The van der Waals surface area contributed by atoms with Gasteiger partial charge < -0.3 is 9.32 Å². The Balaban J connectivity index is 1.18. The van der Waals surface area contributed by atoms with E-state index in [-0.39, 0.29) is 16.2 Å². The lowest BCUT2D eigenvalue weighted by molar-refractivity contribution is 0.559. The zero-order chi connectivity index (χ0) is 42.8. The molecule has 0 saturated carbocycles. The third kappa shape index (κ3) is 5.48. The standard InChI is InChI=1S/C60H53NO/c1-57(2,3)40-35-47-55-53(27-18-28-54(55)62-56(47)52(36-40)58(4,5)6)61(42-33-34-46-43-21-12-15-24-48(43)59(7,8)51(46)37-42)41-31-29-39(30-32-41)60(38-19-10-9-11-20-38)49-25-16-13-22-44(49)45-23-14-17-26-50(45)60/h9-37H,1-8H3. The van der Waals surface area contributed by atoms with Crippen molar-refractivity contribution in [3.63, 3.8) is 0 Å². The maximum atomic E-state index is 6.98. The van der Waals surface area contributed by atoms with Crippen molar-refractivity contribution in [1.82, 2.24) is 0 Å². The van der Waals surface area contributed by atoms with Crippen LogP contribution in [0.4, 0.5) is 17.1 Å². The minimum atomic E-state index is -0.478. The minimum absolute atomic E-state index is 0.0466. The summed E-state index contributed by atoms with van der Waals surface area (Å²) in [5.74, 6) is 0. The normalized spacial score (nSPS) is 14.7. The van der Waals surface area contributed by atoms with Gasteiger partial charge in [0, 0.05) is 27.7 Å². The van der Waals surface area contributed by atoms with Gasteiger partial charge in [0.1, 0.15) is 11.2 Å². The van der Waals surface area contributed by atoms with E-state index in [9.17, 15) is 0 Å². The van der Waals surface area contributed by atoms with E-state index in [2.05, 4.69) is 236 Å². The molecule has 1 heterocycles. The molecule has 0 fully saturated rings. The number of anilines is 3. The number of hydrogen-bond donors (Lipinski definition) is 0. The van der Waals surface area contributed by atoms with Gasteiger partial charge in [0.05, 0.1) is 16.5 Å². The van der Waals surface area contributed by atoms with E-state index in [1.807, 2.05) is 0 Å². The van der Waals surface area contributed by atoms with E-state index in [1.165, 1.54) is 66.8 Å². The van der Waals surface area contributed by atoms with Crippen LogP contribution in [0.1, 0.15) is 99.9 Å². The number of benzene rings is 8. The van der Waals surface area contributed by atoms with Crippen LogP contribution in [-0.2, 0) is 21.7 Å². The van der Waals surface area contributed by atoms with Crippen LogP contribution >= 0.6 is 0 Å². The monoisotopic (exact) mass is 803 g/mol. The van der Waals surface area contributed by atoms with Crippen molar-refractivity contribution in [1.29, 1.82) is 0 Å². The Morgan fingerprint density at radius 1 is 0.452 bits per heavy atom. The highest BCUT2D eigenvalue weighted by atomic mass is 16.3. The van der Waals surface area contributed by atoms with Crippen LogP contribution in [-0.4, -0.2) is 0 Å². The SMILES string of the molecule is CC(C)(C)c1cc(C(C)(C)C)c2oc3cccc(N(c4ccc(C5(c6ccccc6)c6ccccc6-c6ccccc65)cc4)c4ccc5c(c4)C(C)(C)c4ccccc4-5)c3c2c1. The fourth-order valence-electron chi connectivity index (χ4n) is 10.9. The van der Waals surface area contributed by atoms with E-state index in [4.69, 9.17) is 4.42 Å². The van der Waals surface area contributed by atoms with E-state index < -0.39 is 5.41 Å². The second-order valence-corrected chi connectivity index (χ2v) is 20.1. The molecule has 0 amide bonds. The summed E-state index contributed by atoms with van der Waals surface area (Å²) in [5.41, 5.74) is 20.0. The summed E-state index contributed by atoms with van der Waals surface area (Å²) in [4.78, 5) is 2.48. The smallest absolute Gasteiger partial charge is 0.139 e. The van der Waals surface area contributed by atoms with Crippen LogP contribution in [0.3, 0.4) is 0 Å². The first-order valence-electron chi connectivity index (χ1n) is 22.2. The van der Waals surface area contributed by atoms with Crippen molar-refractivity contribution in [3.05, 3.63) is 220 Å². The van der Waals surface area contributed by atoms with E-state index in [0.29, 0.717) is 0 Å². The molecule has 2 aliphatic rings. The van der Waals surface area contributed by atoms with Crippen molar-refractivity contribution in [2.45, 2.75) is 77.0 Å². The third-order valence-electron chi connectivity index (χ3n) is 14.0. The predicted octanol–water partition coefficient (Wildman–Crippen LogP) is 16.3. The second-order valence-electron chi connectivity index (χ2n) is 20.1. The van der Waals surface area contributed by atoms with Gasteiger partial charge in [0.2, 0.25) is 0 Å². The first-order chi connectivity index (χ1) is 29.8. The van der Waals surface area contributed by atoms with Crippen LogP contribution < -0.4 is 4.90 Å². The topological polar surface area (TPSA) is 16.4 Å². The largest absolute Gasteiger partial charge is 0.456 e. The Labute approximate surface area is 366 Å².